The van der Waals surface area contributed by atoms with Crippen LogP contribution in [0.15, 0.2) is 0 Å². The summed E-state index contributed by atoms with van der Waals surface area (Å²) in [6.45, 7) is 1.95. The van der Waals surface area contributed by atoms with E-state index < -0.39 is 5.41 Å². The summed E-state index contributed by atoms with van der Waals surface area (Å²) < 4.78 is 16.0. The van der Waals surface area contributed by atoms with Crippen LogP contribution >= 0.6 is 37.9 Å². The van der Waals surface area contributed by atoms with Crippen molar-refractivity contribution in [1.29, 1.82) is 0 Å². The molecule has 0 spiro atoms. The van der Waals surface area contributed by atoms with Crippen molar-refractivity contribution in [2.24, 2.45) is 5.41 Å². The van der Waals surface area contributed by atoms with Crippen molar-refractivity contribution in [3.8, 4) is 0 Å². The Bertz CT molecular complexity index is 385. The molecule has 27 heavy (non-hydrogen) atoms. The molecule has 0 aromatic heterocycles. The Balaban J connectivity index is 4.82. The maximum absolute atomic E-state index is 11.8. The molecule has 0 unspecified atom stereocenters. The van der Waals surface area contributed by atoms with Crippen molar-refractivity contribution < 1.29 is 28.6 Å². The monoisotopic (exact) mass is 440 g/mol. The summed E-state index contributed by atoms with van der Waals surface area (Å²) in [6.07, 6.45) is 3.20. The normalized spacial score (nSPS) is 11.1. The predicted octanol–water partition coefficient (Wildman–Crippen LogP) is 3.14. The van der Waals surface area contributed by atoms with E-state index in [2.05, 4.69) is 37.9 Å². The molecule has 0 radical (unpaired) electrons. The van der Waals surface area contributed by atoms with Crippen molar-refractivity contribution in [3.05, 3.63) is 0 Å². The van der Waals surface area contributed by atoms with Gasteiger partial charge in [0, 0.05) is 19.3 Å². The molecule has 0 aliphatic heterocycles. The lowest BCUT2D eigenvalue weighted by Crippen LogP contribution is -2.39. The van der Waals surface area contributed by atoms with E-state index in [1.165, 1.54) is 0 Å². The third kappa shape index (κ3) is 13.3. The van der Waals surface area contributed by atoms with Crippen LogP contribution < -0.4 is 0 Å². The third-order valence-electron chi connectivity index (χ3n) is 3.99. The first kappa shape index (κ1) is 26.5. The quantitative estimate of drug-likeness (QED) is 0.194. The predicted molar refractivity (Wildman–Crippen MR) is 115 cm³/mol. The van der Waals surface area contributed by atoms with Gasteiger partial charge < -0.3 is 14.2 Å². The van der Waals surface area contributed by atoms with Crippen molar-refractivity contribution in [2.75, 3.05) is 37.1 Å². The highest BCUT2D eigenvalue weighted by Gasteiger charge is 2.34. The van der Waals surface area contributed by atoms with Gasteiger partial charge in [0.2, 0.25) is 0 Å². The molecular formula is C18H32O6S3. The lowest BCUT2D eigenvalue weighted by Gasteiger charge is -2.31. The van der Waals surface area contributed by atoms with Gasteiger partial charge in [0.05, 0.1) is 5.41 Å². The first-order chi connectivity index (χ1) is 12.9. The van der Waals surface area contributed by atoms with Gasteiger partial charge in [0.1, 0.15) is 19.8 Å². The molecular weight excluding hydrogens is 408 g/mol. The number of rotatable bonds is 16. The summed E-state index contributed by atoms with van der Waals surface area (Å²) in [5.41, 5.74) is -0.760. The molecule has 158 valence electrons. The SMILES string of the molecule is CCC(COC(=O)CCCS)(COC(=O)CCCS)COC(=O)CCCS. The maximum Gasteiger partial charge on any atom is 0.305 e. The number of hydrogen-bond donors (Lipinski definition) is 3. The highest BCUT2D eigenvalue weighted by Crippen LogP contribution is 2.25. The standard InChI is InChI=1S/C18H32O6S3/c1-2-18(12-22-15(19)6-3-9-25,13-23-16(20)7-4-10-26)14-24-17(21)8-5-11-27/h25-27H,2-14H2,1H3. The van der Waals surface area contributed by atoms with Gasteiger partial charge in [-0.25, -0.2) is 0 Å². The highest BCUT2D eigenvalue weighted by atomic mass is 32.1. The van der Waals surface area contributed by atoms with Crippen molar-refractivity contribution in [3.63, 3.8) is 0 Å². The number of thiol groups is 3. The fourth-order valence-corrected chi connectivity index (χ4v) is 2.49. The first-order valence-corrected chi connectivity index (χ1v) is 11.1. The zero-order valence-corrected chi connectivity index (χ0v) is 18.7. The summed E-state index contributed by atoms with van der Waals surface area (Å²) in [6, 6.07) is 0. The van der Waals surface area contributed by atoms with Crippen LogP contribution in [-0.4, -0.2) is 55.0 Å². The molecule has 0 aliphatic rings. The molecule has 0 heterocycles. The number of ether oxygens (including phenoxy) is 3. The minimum atomic E-state index is -0.760. The number of esters is 3. The smallest absolute Gasteiger partial charge is 0.305 e. The van der Waals surface area contributed by atoms with E-state index in [-0.39, 0.29) is 57.0 Å². The van der Waals surface area contributed by atoms with E-state index in [0.717, 1.165) is 0 Å². The molecule has 0 aromatic carbocycles. The third-order valence-corrected chi connectivity index (χ3v) is 4.93. The highest BCUT2D eigenvalue weighted by molar-refractivity contribution is 7.80. The van der Waals surface area contributed by atoms with Crippen LogP contribution in [0.25, 0.3) is 0 Å². The van der Waals surface area contributed by atoms with Crippen LogP contribution in [-0.2, 0) is 28.6 Å². The Hall–Kier alpha value is -0.540. The maximum atomic E-state index is 11.8. The molecule has 0 saturated carbocycles. The minimum Gasteiger partial charge on any atom is -0.465 e. The van der Waals surface area contributed by atoms with Gasteiger partial charge in [-0.05, 0) is 42.9 Å². The molecule has 0 bridgehead atoms. The van der Waals surface area contributed by atoms with E-state index >= 15 is 0 Å². The van der Waals surface area contributed by atoms with E-state index in [1.54, 1.807) is 0 Å². The second kappa shape index (κ2) is 16.4. The molecule has 0 rings (SSSR count). The van der Waals surface area contributed by atoms with Crippen LogP contribution in [0.3, 0.4) is 0 Å². The molecule has 0 atom stereocenters. The molecule has 0 N–H and O–H groups in total. The molecule has 0 aromatic rings. The van der Waals surface area contributed by atoms with Gasteiger partial charge in [-0.2, -0.15) is 37.9 Å². The number of hydrogen-bond acceptors (Lipinski definition) is 9. The minimum absolute atomic E-state index is 0.0224. The van der Waals surface area contributed by atoms with E-state index in [1.807, 2.05) is 6.92 Å². The van der Waals surface area contributed by atoms with Crippen molar-refractivity contribution in [2.45, 2.75) is 51.9 Å². The summed E-state index contributed by atoms with van der Waals surface area (Å²) in [5, 5.41) is 0. The molecule has 6 nitrogen and oxygen atoms in total. The molecule has 0 aliphatic carbocycles. The van der Waals surface area contributed by atoms with Crippen LogP contribution in [0.2, 0.25) is 0 Å². The Labute approximate surface area is 178 Å². The van der Waals surface area contributed by atoms with Gasteiger partial charge in [0.25, 0.3) is 0 Å². The van der Waals surface area contributed by atoms with Crippen molar-refractivity contribution >= 4 is 55.8 Å². The zero-order valence-electron chi connectivity index (χ0n) is 16.0. The van der Waals surface area contributed by atoms with E-state index in [0.29, 0.717) is 42.9 Å². The fourth-order valence-electron chi connectivity index (χ4n) is 2.02. The lowest BCUT2D eigenvalue weighted by molar-refractivity contribution is -0.162. The summed E-state index contributed by atoms with van der Waals surface area (Å²) in [4.78, 5) is 35.5. The van der Waals surface area contributed by atoms with Gasteiger partial charge in [-0.15, -0.1) is 0 Å². The van der Waals surface area contributed by atoms with Crippen LogP contribution in [0.5, 0.6) is 0 Å². The fraction of sp³-hybridized carbons (Fsp3) is 0.833. The van der Waals surface area contributed by atoms with Gasteiger partial charge in [-0.1, -0.05) is 6.92 Å². The molecule has 0 amide bonds. The topological polar surface area (TPSA) is 78.9 Å². The second-order valence-electron chi connectivity index (χ2n) is 6.32. The molecule has 0 fully saturated rings. The van der Waals surface area contributed by atoms with E-state index in [4.69, 9.17) is 14.2 Å². The Kier molecular flexibility index (Phi) is 16.1. The number of carbonyl (C=O) groups is 3. The van der Waals surface area contributed by atoms with Gasteiger partial charge in [0.15, 0.2) is 0 Å². The van der Waals surface area contributed by atoms with Gasteiger partial charge >= 0.3 is 17.9 Å². The summed E-state index contributed by atoms with van der Waals surface area (Å²) in [5.74, 6) is 0.762. The van der Waals surface area contributed by atoms with Gasteiger partial charge in [-0.3, -0.25) is 14.4 Å². The summed E-state index contributed by atoms with van der Waals surface area (Å²) in [7, 11) is 0. The average Bonchev–Trinajstić information content (AvgIpc) is 2.68. The Morgan fingerprint density at radius 1 is 0.667 bits per heavy atom. The average molecular weight is 441 g/mol. The zero-order chi connectivity index (χ0) is 20.5. The van der Waals surface area contributed by atoms with Crippen LogP contribution in [0.4, 0.5) is 0 Å². The van der Waals surface area contributed by atoms with E-state index in [9.17, 15) is 14.4 Å². The lowest BCUT2D eigenvalue weighted by atomic mass is 9.88. The van der Waals surface area contributed by atoms with Crippen LogP contribution in [0, 0.1) is 5.41 Å². The van der Waals surface area contributed by atoms with Crippen molar-refractivity contribution in [1.82, 2.24) is 0 Å². The Morgan fingerprint density at radius 2 is 0.963 bits per heavy atom. The molecule has 9 heteroatoms. The first-order valence-electron chi connectivity index (χ1n) is 9.22. The molecule has 0 saturated heterocycles. The van der Waals surface area contributed by atoms with Crippen LogP contribution in [0.1, 0.15) is 51.9 Å². The largest absolute Gasteiger partial charge is 0.465 e. The Morgan fingerprint density at radius 3 is 1.19 bits per heavy atom. The number of carbonyl (C=O) groups excluding carboxylic acids is 3. The summed E-state index contributed by atoms with van der Waals surface area (Å²) >= 11 is 12.2. The second-order valence-corrected chi connectivity index (χ2v) is 7.66.